The van der Waals surface area contributed by atoms with E-state index in [2.05, 4.69) is 26.3 Å². The molecule has 1 heterocycles. The van der Waals surface area contributed by atoms with Gasteiger partial charge in [-0.05, 0) is 51.8 Å². The molecule has 0 spiro atoms. The van der Waals surface area contributed by atoms with Crippen molar-refractivity contribution in [3.8, 4) is 5.75 Å². The maximum Gasteiger partial charge on any atom is 0.251 e. The fourth-order valence-electron chi connectivity index (χ4n) is 2.37. The summed E-state index contributed by atoms with van der Waals surface area (Å²) in [6, 6.07) is 17.0. The van der Waals surface area contributed by atoms with Gasteiger partial charge in [-0.25, -0.2) is 0 Å². The first-order valence-electron chi connectivity index (χ1n) is 7.85. The third kappa shape index (κ3) is 4.48. The molecule has 3 aromatic rings. The SMILES string of the molecule is Cn1nccc1CNC(=O)c1cccc(COc2ccccc2Br)c1. The van der Waals surface area contributed by atoms with Crippen LogP contribution in [0.1, 0.15) is 21.6 Å². The molecule has 0 unspecified atom stereocenters. The average Bonchev–Trinajstić information content (AvgIpc) is 3.04. The summed E-state index contributed by atoms with van der Waals surface area (Å²) in [7, 11) is 1.85. The van der Waals surface area contributed by atoms with Gasteiger partial charge in [0.2, 0.25) is 0 Å². The summed E-state index contributed by atoms with van der Waals surface area (Å²) >= 11 is 3.46. The molecule has 5 nitrogen and oxygen atoms in total. The molecule has 0 aliphatic rings. The zero-order valence-corrected chi connectivity index (χ0v) is 15.4. The van der Waals surface area contributed by atoms with E-state index in [1.807, 2.05) is 55.6 Å². The molecular weight excluding hydrogens is 382 g/mol. The van der Waals surface area contributed by atoms with Crippen molar-refractivity contribution in [3.63, 3.8) is 0 Å². The van der Waals surface area contributed by atoms with Gasteiger partial charge in [-0.3, -0.25) is 9.48 Å². The molecular formula is C19H18BrN3O2. The molecule has 0 aliphatic carbocycles. The minimum absolute atomic E-state index is 0.121. The predicted octanol–water partition coefficient (Wildman–Crippen LogP) is 3.69. The second-order valence-electron chi connectivity index (χ2n) is 5.55. The van der Waals surface area contributed by atoms with Crippen molar-refractivity contribution in [1.29, 1.82) is 0 Å². The number of hydrogen-bond acceptors (Lipinski definition) is 3. The first-order valence-corrected chi connectivity index (χ1v) is 8.64. The Morgan fingerprint density at radius 1 is 1.20 bits per heavy atom. The number of para-hydroxylation sites is 1. The highest BCUT2D eigenvalue weighted by molar-refractivity contribution is 9.10. The number of aryl methyl sites for hydroxylation is 1. The van der Waals surface area contributed by atoms with Gasteiger partial charge < -0.3 is 10.1 Å². The molecule has 0 atom stereocenters. The fraction of sp³-hybridized carbons (Fsp3) is 0.158. The van der Waals surface area contributed by atoms with Crippen LogP contribution >= 0.6 is 15.9 Å². The van der Waals surface area contributed by atoms with Crippen molar-refractivity contribution < 1.29 is 9.53 Å². The number of amides is 1. The second-order valence-corrected chi connectivity index (χ2v) is 6.40. The molecule has 6 heteroatoms. The molecule has 0 saturated heterocycles. The maximum atomic E-state index is 12.3. The van der Waals surface area contributed by atoms with E-state index < -0.39 is 0 Å². The van der Waals surface area contributed by atoms with Crippen LogP contribution in [0.15, 0.2) is 65.3 Å². The smallest absolute Gasteiger partial charge is 0.251 e. The highest BCUT2D eigenvalue weighted by Crippen LogP contribution is 2.24. The van der Waals surface area contributed by atoms with E-state index >= 15 is 0 Å². The molecule has 1 N–H and O–H groups in total. The van der Waals surface area contributed by atoms with Crippen LogP contribution in [0.4, 0.5) is 0 Å². The van der Waals surface area contributed by atoms with Crippen LogP contribution < -0.4 is 10.1 Å². The van der Waals surface area contributed by atoms with Gasteiger partial charge in [-0.2, -0.15) is 5.10 Å². The molecule has 0 saturated carbocycles. The first-order chi connectivity index (χ1) is 12.1. The van der Waals surface area contributed by atoms with Gasteiger partial charge in [0.1, 0.15) is 12.4 Å². The van der Waals surface area contributed by atoms with Crippen molar-refractivity contribution in [2.45, 2.75) is 13.2 Å². The van der Waals surface area contributed by atoms with E-state index in [0.717, 1.165) is 21.5 Å². The van der Waals surface area contributed by atoms with Gasteiger partial charge in [0.15, 0.2) is 0 Å². The van der Waals surface area contributed by atoms with E-state index in [4.69, 9.17) is 4.74 Å². The lowest BCUT2D eigenvalue weighted by Gasteiger charge is -2.10. The van der Waals surface area contributed by atoms with Crippen LogP contribution in [0, 0.1) is 0 Å². The predicted molar refractivity (Wildman–Crippen MR) is 99.3 cm³/mol. The zero-order valence-electron chi connectivity index (χ0n) is 13.8. The Balaban J connectivity index is 1.61. The highest BCUT2D eigenvalue weighted by Gasteiger charge is 2.08. The van der Waals surface area contributed by atoms with Gasteiger partial charge in [0, 0.05) is 18.8 Å². The van der Waals surface area contributed by atoms with Crippen molar-refractivity contribution in [1.82, 2.24) is 15.1 Å². The number of carbonyl (C=O) groups excluding carboxylic acids is 1. The maximum absolute atomic E-state index is 12.3. The summed E-state index contributed by atoms with van der Waals surface area (Å²) < 4.78 is 8.44. The van der Waals surface area contributed by atoms with Crippen LogP contribution in [0.3, 0.4) is 0 Å². The average molecular weight is 400 g/mol. The fourth-order valence-corrected chi connectivity index (χ4v) is 2.77. The molecule has 0 fully saturated rings. The number of halogens is 1. The third-order valence-electron chi connectivity index (χ3n) is 3.77. The topological polar surface area (TPSA) is 56.2 Å². The Kier molecular flexibility index (Phi) is 5.50. The molecule has 0 aliphatic heterocycles. The van der Waals surface area contributed by atoms with Gasteiger partial charge in [0.25, 0.3) is 5.91 Å². The lowest BCUT2D eigenvalue weighted by molar-refractivity contribution is 0.0950. The molecule has 0 bridgehead atoms. The van der Waals surface area contributed by atoms with Crippen molar-refractivity contribution in [2.24, 2.45) is 7.05 Å². The number of aromatic nitrogens is 2. The van der Waals surface area contributed by atoms with Crippen LogP contribution in [0.25, 0.3) is 0 Å². The van der Waals surface area contributed by atoms with Crippen LogP contribution in [0.5, 0.6) is 5.75 Å². The van der Waals surface area contributed by atoms with Gasteiger partial charge in [-0.1, -0.05) is 24.3 Å². The summed E-state index contributed by atoms with van der Waals surface area (Å²) in [4.78, 5) is 12.3. The third-order valence-corrected chi connectivity index (χ3v) is 4.43. The number of nitrogens with one attached hydrogen (secondary N) is 1. The molecule has 1 amide bonds. The minimum atomic E-state index is -0.121. The van der Waals surface area contributed by atoms with Crippen molar-refractivity contribution in [3.05, 3.63) is 82.1 Å². The molecule has 128 valence electrons. The Bertz CT molecular complexity index is 876. The summed E-state index contributed by atoms with van der Waals surface area (Å²) in [6.45, 7) is 0.832. The van der Waals surface area contributed by atoms with Crippen LogP contribution in [-0.4, -0.2) is 15.7 Å². The monoisotopic (exact) mass is 399 g/mol. The van der Waals surface area contributed by atoms with E-state index in [1.54, 1.807) is 16.9 Å². The van der Waals surface area contributed by atoms with Crippen molar-refractivity contribution in [2.75, 3.05) is 0 Å². The van der Waals surface area contributed by atoms with E-state index in [1.165, 1.54) is 0 Å². The van der Waals surface area contributed by atoms with Gasteiger partial charge in [0.05, 0.1) is 16.7 Å². The number of hydrogen-bond donors (Lipinski definition) is 1. The van der Waals surface area contributed by atoms with E-state index in [0.29, 0.717) is 18.7 Å². The number of ether oxygens (including phenoxy) is 1. The first kappa shape index (κ1) is 17.2. The lowest BCUT2D eigenvalue weighted by Crippen LogP contribution is -2.24. The van der Waals surface area contributed by atoms with E-state index in [-0.39, 0.29) is 5.91 Å². The van der Waals surface area contributed by atoms with Crippen molar-refractivity contribution >= 4 is 21.8 Å². The zero-order chi connectivity index (χ0) is 17.6. The molecule has 2 aromatic carbocycles. The van der Waals surface area contributed by atoms with E-state index in [9.17, 15) is 4.79 Å². The summed E-state index contributed by atoms with van der Waals surface area (Å²) in [6.07, 6.45) is 1.71. The Morgan fingerprint density at radius 2 is 2.04 bits per heavy atom. The summed E-state index contributed by atoms with van der Waals surface area (Å²) in [5.41, 5.74) is 2.49. The quantitative estimate of drug-likeness (QED) is 0.687. The minimum Gasteiger partial charge on any atom is -0.488 e. The Morgan fingerprint density at radius 3 is 2.80 bits per heavy atom. The van der Waals surface area contributed by atoms with Crippen LogP contribution in [0.2, 0.25) is 0 Å². The Labute approximate surface area is 154 Å². The number of rotatable bonds is 6. The molecule has 0 radical (unpaired) electrons. The van der Waals surface area contributed by atoms with Gasteiger partial charge >= 0.3 is 0 Å². The van der Waals surface area contributed by atoms with Crippen LogP contribution in [-0.2, 0) is 20.2 Å². The highest BCUT2D eigenvalue weighted by atomic mass is 79.9. The van der Waals surface area contributed by atoms with Gasteiger partial charge in [-0.15, -0.1) is 0 Å². The largest absolute Gasteiger partial charge is 0.488 e. The molecule has 25 heavy (non-hydrogen) atoms. The summed E-state index contributed by atoms with van der Waals surface area (Å²) in [5.74, 6) is 0.650. The summed E-state index contributed by atoms with van der Waals surface area (Å²) in [5, 5.41) is 6.99. The number of benzene rings is 2. The Hall–Kier alpha value is -2.60. The number of carbonyl (C=O) groups is 1. The second kappa shape index (κ2) is 7.98. The standard InChI is InChI=1S/C19H18BrN3O2/c1-23-16(9-10-22-23)12-21-19(24)15-6-4-5-14(11-15)13-25-18-8-3-2-7-17(18)20/h2-11H,12-13H2,1H3,(H,21,24). The normalized spacial score (nSPS) is 10.5. The number of nitrogens with zero attached hydrogens (tertiary/aromatic N) is 2. The molecule has 3 rings (SSSR count). The lowest BCUT2D eigenvalue weighted by atomic mass is 10.1. The molecule has 1 aromatic heterocycles.